The molecule has 128 valence electrons. The van der Waals surface area contributed by atoms with E-state index in [4.69, 9.17) is 5.10 Å². The summed E-state index contributed by atoms with van der Waals surface area (Å²) in [6.07, 6.45) is 3.28. The SMILES string of the molecule is Cc1cccc(-c2nn3c(c2-c2ccc(S(C)(=O)=O)cc2)CCC3)n1. The van der Waals surface area contributed by atoms with E-state index in [1.54, 1.807) is 12.1 Å². The largest absolute Gasteiger partial charge is 0.268 e. The molecule has 1 aromatic carbocycles. The minimum atomic E-state index is -3.20. The molecule has 3 aromatic rings. The van der Waals surface area contributed by atoms with Crippen LogP contribution in [0.2, 0.25) is 0 Å². The number of hydrogen-bond donors (Lipinski definition) is 0. The van der Waals surface area contributed by atoms with Gasteiger partial charge in [-0.05, 0) is 49.6 Å². The lowest BCUT2D eigenvalue weighted by atomic mass is 10.00. The molecule has 0 saturated heterocycles. The Morgan fingerprint density at radius 1 is 1.08 bits per heavy atom. The highest BCUT2D eigenvalue weighted by molar-refractivity contribution is 7.90. The highest BCUT2D eigenvalue weighted by Gasteiger charge is 2.24. The lowest BCUT2D eigenvalue weighted by molar-refractivity contribution is 0.602. The minimum absolute atomic E-state index is 0.329. The molecule has 0 aliphatic carbocycles. The van der Waals surface area contributed by atoms with E-state index in [9.17, 15) is 8.42 Å². The summed E-state index contributed by atoms with van der Waals surface area (Å²) in [5.74, 6) is 0. The number of hydrogen-bond acceptors (Lipinski definition) is 4. The first-order valence-corrected chi connectivity index (χ1v) is 10.2. The third-order valence-corrected chi connectivity index (χ3v) is 5.67. The van der Waals surface area contributed by atoms with Gasteiger partial charge in [-0.2, -0.15) is 5.10 Å². The molecule has 5 nitrogen and oxygen atoms in total. The first kappa shape index (κ1) is 16.0. The van der Waals surface area contributed by atoms with E-state index in [0.29, 0.717) is 4.90 Å². The Kier molecular flexibility index (Phi) is 3.72. The maximum Gasteiger partial charge on any atom is 0.175 e. The fraction of sp³-hybridized carbons (Fsp3) is 0.263. The molecule has 0 fully saturated rings. The van der Waals surface area contributed by atoms with Gasteiger partial charge in [0.05, 0.1) is 10.6 Å². The van der Waals surface area contributed by atoms with Crippen molar-refractivity contribution >= 4 is 9.84 Å². The molecule has 0 bridgehead atoms. The first-order valence-electron chi connectivity index (χ1n) is 8.28. The summed E-state index contributed by atoms with van der Waals surface area (Å²) in [6, 6.07) is 13.0. The van der Waals surface area contributed by atoms with Crippen molar-refractivity contribution in [3.63, 3.8) is 0 Å². The van der Waals surface area contributed by atoms with Crippen molar-refractivity contribution in [3.05, 3.63) is 53.9 Å². The average molecular weight is 353 g/mol. The quantitative estimate of drug-likeness (QED) is 0.725. The van der Waals surface area contributed by atoms with Gasteiger partial charge in [0.2, 0.25) is 0 Å². The second-order valence-corrected chi connectivity index (χ2v) is 8.47. The summed E-state index contributed by atoms with van der Waals surface area (Å²) in [5, 5.41) is 4.79. The van der Waals surface area contributed by atoms with Crippen LogP contribution in [-0.2, 0) is 22.8 Å². The summed E-state index contributed by atoms with van der Waals surface area (Å²) in [6.45, 7) is 2.88. The topological polar surface area (TPSA) is 64.8 Å². The van der Waals surface area contributed by atoms with Crippen molar-refractivity contribution in [1.82, 2.24) is 14.8 Å². The highest BCUT2D eigenvalue weighted by Crippen LogP contribution is 2.37. The van der Waals surface area contributed by atoms with Crippen molar-refractivity contribution in [2.75, 3.05) is 6.26 Å². The normalized spacial score (nSPS) is 13.8. The molecule has 0 radical (unpaired) electrons. The molecule has 0 atom stereocenters. The fourth-order valence-electron chi connectivity index (χ4n) is 3.36. The van der Waals surface area contributed by atoms with E-state index in [-0.39, 0.29) is 0 Å². The molecule has 0 N–H and O–H groups in total. The average Bonchev–Trinajstić information content (AvgIpc) is 3.15. The Balaban J connectivity index is 1.89. The smallest absolute Gasteiger partial charge is 0.175 e. The van der Waals surface area contributed by atoms with Crippen molar-refractivity contribution in [2.45, 2.75) is 31.2 Å². The Morgan fingerprint density at radius 3 is 2.52 bits per heavy atom. The number of sulfone groups is 1. The van der Waals surface area contributed by atoms with Crippen LogP contribution in [0.5, 0.6) is 0 Å². The molecular formula is C19H19N3O2S. The molecule has 4 rings (SSSR count). The molecular weight excluding hydrogens is 334 g/mol. The number of aromatic nitrogens is 3. The monoisotopic (exact) mass is 353 g/mol. The van der Waals surface area contributed by atoms with Crippen LogP contribution >= 0.6 is 0 Å². The zero-order valence-corrected chi connectivity index (χ0v) is 15.0. The third-order valence-electron chi connectivity index (χ3n) is 4.54. The van der Waals surface area contributed by atoms with Crippen LogP contribution in [0.25, 0.3) is 22.5 Å². The second-order valence-electron chi connectivity index (χ2n) is 6.46. The number of fused-ring (bicyclic) bond motifs is 1. The van der Waals surface area contributed by atoms with Crippen LogP contribution in [-0.4, -0.2) is 29.4 Å². The standard InChI is InChI=1S/C19H19N3O2S/c1-13-5-3-6-16(20-13)19-18(17-7-4-12-22(17)21-19)14-8-10-15(11-9-14)25(2,23)24/h3,5-6,8-11H,4,7,12H2,1-2H3. The van der Waals surface area contributed by atoms with Crippen molar-refractivity contribution in [2.24, 2.45) is 0 Å². The molecule has 2 aromatic heterocycles. The zero-order valence-electron chi connectivity index (χ0n) is 14.2. The Morgan fingerprint density at radius 2 is 1.84 bits per heavy atom. The van der Waals surface area contributed by atoms with Gasteiger partial charge in [0.15, 0.2) is 9.84 Å². The summed E-state index contributed by atoms with van der Waals surface area (Å²) in [5.41, 5.74) is 5.91. The van der Waals surface area contributed by atoms with Gasteiger partial charge in [-0.25, -0.2) is 8.42 Å². The lowest BCUT2D eigenvalue weighted by Crippen LogP contribution is -1.96. The Labute approximate surface area is 147 Å². The van der Waals surface area contributed by atoms with Crippen molar-refractivity contribution in [1.29, 1.82) is 0 Å². The molecule has 0 saturated carbocycles. The van der Waals surface area contributed by atoms with Gasteiger partial charge in [-0.15, -0.1) is 0 Å². The number of aryl methyl sites for hydroxylation is 2. The van der Waals surface area contributed by atoms with Crippen LogP contribution < -0.4 is 0 Å². The van der Waals surface area contributed by atoms with Crippen LogP contribution in [0, 0.1) is 6.92 Å². The van der Waals surface area contributed by atoms with Crippen LogP contribution in [0.3, 0.4) is 0 Å². The fourth-order valence-corrected chi connectivity index (χ4v) is 3.99. The van der Waals surface area contributed by atoms with Gasteiger partial charge < -0.3 is 0 Å². The van der Waals surface area contributed by atoms with E-state index >= 15 is 0 Å². The molecule has 1 aliphatic rings. The summed E-state index contributed by atoms with van der Waals surface area (Å²) in [7, 11) is -3.20. The van der Waals surface area contributed by atoms with E-state index < -0.39 is 9.84 Å². The van der Waals surface area contributed by atoms with Gasteiger partial charge in [0.1, 0.15) is 5.69 Å². The molecule has 1 aliphatic heterocycles. The molecule has 6 heteroatoms. The number of benzene rings is 1. The van der Waals surface area contributed by atoms with Crippen molar-refractivity contribution < 1.29 is 8.42 Å². The second kappa shape index (κ2) is 5.81. The molecule has 0 spiro atoms. The van der Waals surface area contributed by atoms with E-state index in [1.807, 2.05) is 37.3 Å². The van der Waals surface area contributed by atoms with Gasteiger partial charge >= 0.3 is 0 Å². The number of nitrogens with zero attached hydrogens (tertiary/aromatic N) is 3. The third kappa shape index (κ3) is 2.87. The first-order chi connectivity index (χ1) is 11.9. The van der Waals surface area contributed by atoms with Gasteiger partial charge in [-0.3, -0.25) is 9.67 Å². The lowest BCUT2D eigenvalue weighted by Gasteiger charge is -2.07. The van der Waals surface area contributed by atoms with Crippen molar-refractivity contribution in [3.8, 4) is 22.5 Å². The minimum Gasteiger partial charge on any atom is -0.268 e. The Bertz CT molecular complexity index is 1050. The van der Waals surface area contributed by atoms with Gasteiger partial charge in [-0.1, -0.05) is 18.2 Å². The van der Waals surface area contributed by atoms with Crippen LogP contribution in [0.1, 0.15) is 17.8 Å². The van der Waals surface area contributed by atoms with Gasteiger partial charge in [0, 0.05) is 29.8 Å². The maximum absolute atomic E-state index is 11.7. The zero-order chi connectivity index (χ0) is 17.6. The van der Waals surface area contributed by atoms with E-state index in [0.717, 1.165) is 47.6 Å². The van der Waals surface area contributed by atoms with E-state index in [1.165, 1.54) is 11.9 Å². The summed E-state index contributed by atoms with van der Waals surface area (Å²) >= 11 is 0. The maximum atomic E-state index is 11.7. The molecule has 0 amide bonds. The number of rotatable bonds is 3. The Hall–Kier alpha value is -2.47. The van der Waals surface area contributed by atoms with E-state index in [2.05, 4.69) is 9.67 Å². The summed E-state index contributed by atoms with van der Waals surface area (Å²) in [4.78, 5) is 4.96. The molecule has 25 heavy (non-hydrogen) atoms. The summed E-state index contributed by atoms with van der Waals surface area (Å²) < 4.78 is 25.5. The van der Waals surface area contributed by atoms with Gasteiger partial charge in [0.25, 0.3) is 0 Å². The molecule has 3 heterocycles. The highest BCUT2D eigenvalue weighted by atomic mass is 32.2. The predicted octanol–water partition coefficient (Wildman–Crippen LogP) is 3.27. The van der Waals surface area contributed by atoms with Crippen LogP contribution in [0.15, 0.2) is 47.4 Å². The number of pyridine rings is 1. The molecule has 0 unspecified atom stereocenters. The predicted molar refractivity (Wildman–Crippen MR) is 97.1 cm³/mol. The van der Waals surface area contributed by atoms with Crippen LogP contribution in [0.4, 0.5) is 0 Å².